The van der Waals surface area contributed by atoms with Crippen molar-refractivity contribution in [2.75, 3.05) is 0 Å². The molecule has 0 saturated carbocycles. The molecule has 0 aromatic rings. The minimum Gasteiger partial charge on any atom is -0.334 e. The molecule has 56 valence electrons. The van der Waals surface area contributed by atoms with Gasteiger partial charge < -0.3 is 9.59 Å². The molecule has 0 unspecified atom stereocenters. The molecule has 0 radical (unpaired) electrons. The predicted molar refractivity (Wildman–Crippen MR) is 30.3 cm³/mol. The molecule has 0 heterocycles. The fraction of sp³-hybridized carbons (Fsp3) is 0.500. The van der Waals surface area contributed by atoms with Crippen LogP contribution in [0, 0.1) is 6.42 Å². The summed E-state index contributed by atoms with van der Waals surface area (Å²) in [5.74, 6) is -0.269. The van der Waals surface area contributed by atoms with Crippen LogP contribution in [0.5, 0.6) is 0 Å². The van der Waals surface area contributed by atoms with Crippen molar-refractivity contribution in [3.8, 4) is 0 Å². The van der Waals surface area contributed by atoms with Crippen LogP contribution >= 0.6 is 0 Å². The van der Waals surface area contributed by atoms with Gasteiger partial charge >= 0.3 is 0 Å². The number of Topliss-reactive ketones (excluding diaryl/α,β-unsaturated/α-hetero) is 2. The van der Waals surface area contributed by atoms with Gasteiger partial charge in [-0.25, -0.2) is 0 Å². The second kappa shape index (κ2) is 6.00. The van der Waals surface area contributed by atoms with Crippen molar-refractivity contribution in [3.05, 3.63) is 6.42 Å². The van der Waals surface area contributed by atoms with Crippen LogP contribution in [0.15, 0.2) is 0 Å². The molecule has 0 aromatic carbocycles. The quantitative estimate of drug-likeness (QED) is 0.399. The zero-order valence-corrected chi connectivity index (χ0v) is 6.97. The Kier molecular flexibility index (Phi) is 7.76. The largest absolute Gasteiger partial charge is 0.334 e. The van der Waals surface area contributed by atoms with Crippen molar-refractivity contribution < 1.29 is 30.0 Å². The van der Waals surface area contributed by atoms with Crippen molar-refractivity contribution in [2.24, 2.45) is 0 Å². The van der Waals surface area contributed by atoms with Crippen LogP contribution < -0.4 is 0 Å². The molecule has 0 aliphatic carbocycles. The van der Waals surface area contributed by atoms with Crippen LogP contribution in [-0.2, 0) is 30.0 Å². The molecule has 3 heteroatoms. The van der Waals surface area contributed by atoms with E-state index < -0.39 is 0 Å². The van der Waals surface area contributed by atoms with Gasteiger partial charge in [0.1, 0.15) is 0 Å². The Bertz CT molecular complexity index is 110. The number of hydrogen-bond acceptors (Lipinski definition) is 2. The van der Waals surface area contributed by atoms with E-state index in [9.17, 15) is 9.59 Å². The van der Waals surface area contributed by atoms with E-state index in [1.807, 2.05) is 0 Å². The normalized spacial score (nSPS) is 7.33. The molecule has 0 spiro atoms. The average molecular weight is 220 g/mol. The Hall–Kier alpha value is -0.128. The molecule has 0 rings (SSSR count). The first-order chi connectivity index (χ1) is 3.66. The van der Waals surface area contributed by atoms with E-state index in [1.54, 1.807) is 6.92 Å². The molecule has 0 N–H and O–H groups in total. The van der Waals surface area contributed by atoms with Gasteiger partial charge in [-0.05, 0) is 13.3 Å². The number of hydrogen-bond donors (Lipinski definition) is 0. The summed E-state index contributed by atoms with van der Waals surface area (Å²) in [4.78, 5) is 20.5. The summed E-state index contributed by atoms with van der Waals surface area (Å²) in [6, 6.07) is 0. The Morgan fingerprint density at radius 2 is 1.89 bits per heavy atom. The molecule has 0 fully saturated rings. The predicted octanol–water partition coefficient (Wildman–Crippen LogP) is 0.756. The van der Waals surface area contributed by atoms with Crippen LogP contribution in [0.25, 0.3) is 0 Å². The zero-order valence-electron chi connectivity index (χ0n) is 5.42. The van der Waals surface area contributed by atoms with E-state index in [2.05, 4.69) is 0 Å². The van der Waals surface area contributed by atoms with Crippen LogP contribution in [-0.4, -0.2) is 11.6 Å². The van der Waals surface area contributed by atoms with E-state index in [0.29, 0.717) is 6.42 Å². The van der Waals surface area contributed by atoms with Gasteiger partial charge in [0.05, 0.1) is 0 Å². The van der Waals surface area contributed by atoms with Crippen LogP contribution in [0.2, 0.25) is 0 Å². The van der Waals surface area contributed by atoms with Crippen molar-refractivity contribution in [1.82, 2.24) is 0 Å². The first-order valence-electron chi connectivity index (χ1n) is 2.55. The van der Waals surface area contributed by atoms with Gasteiger partial charge in [0.15, 0.2) is 0 Å². The van der Waals surface area contributed by atoms with E-state index in [0.717, 1.165) is 6.42 Å². The van der Waals surface area contributed by atoms with Gasteiger partial charge in [0.25, 0.3) is 0 Å². The van der Waals surface area contributed by atoms with E-state index in [4.69, 9.17) is 0 Å². The summed E-state index contributed by atoms with van der Waals surface area (Å²) in [6.07, 6.45) is 1.53. The average Bonchev–Trinajstić information content (AvgIpc) is 1.65. The summed E-state index contributed by atoms with van der Waals surface area (Å²) in [6.45, 7) is 3.09. The third kappa shape index (κ3) is 7.87. The minimum atomic E-state index is -0.170. The SMILES string of the molecule is CCC(=O)[CH-]C(C)=O.[Pd]. The van der Waals surface area contributed by atoms with Crippen LogP contribution in [0.4, 0.5) is 0 Å². The third-order valence-electron chi connectivity index (χ3n) is 0.713. The second-order valence-corrected chi connectivity index (χ2v) is 1.57. The summed E-state index contributed by atoms with van der Waals surface area (Å²) < 4.78 is 0. The smallest absolute Gasteiger partial charge is 0.00502 e. The van der Waals surface area contributed by atoms with Crippen molar-refractivity contribution in [2.45, 2.75) is 20.3 Å². The first-order valence-corrected chi connectivity index (χ1v) is 2.55. The third-order valence-corrected chi connectivity index (χ3v) is 0.713. The van der Waals surface area contributed by atoms with Gasteiger partial charge in [0, 0.05) is 32.0 Å². The van der Waals surface area contributed by atoms with Gasteiger partial charge in [-0.15, -0.1) is 0 Å². The molecular weight excluding hydrogens is 210 g/mol. The Labute approximate surface area is 68.7 Å². The van der Waals surface area contributed by atoms with Crippen molar-refractivity contribution in [1.29, 1.82) is 0 Å². The van der Waals surface area contributed by atoms with Gasteiger partial charge in [-0.3, -0.25) is 6.42 Å². The van der Waals surface area contributed by atoms with E-state index in [-0.39, 0.29) is 32.0 Å². The number of carbonyl (C=O) groups excluding carboxylic acids is 2. The molecule has 2 nitrogen and oxygen atoms in total. The number of carbonyl (C=O) groups is 2. The number of ketones is 2. The monoisotopic (exact) mass is 219 g/mol. The maximum Gasteiger partial charge on any atom is 0.00502 e. The molecule has 0 saturated heterocycles. The first kappa shape index (κ1) is 11.6. The van der Waals surface area contributed by atoms with Crippen LogP contribution in [0.1, 0.15) is 20.3 Å². The summed E-state index contributed by atoms with van der Waals surface area (Å²) in [7, 11) is 0. The van der Waals surface area contributed by atoms with Gasteiger partial charge in [-0.1, -0.05) is 6.92 Å². The molecule has 0 atom stereocenters. The molecule has 0 aromatic heterocycles. The van der Waals surface area contributed by atoms with E-state index in [1.165, 1.54) is 6.92 Å². The summed E-state index contributed by atoms with van der Waals surface area (Å²) >= 11 is 0. The summed E-state index contributed by atoms with van der Waals surface area (Å²) in [5.41, 5.74) is 0. The maximum atomic E-state index is 10.3. The zero-order chi connectivity index (χ0) is 6.57. The molecule has 9 heavy (non-hydrogen) atoms. The Morgan fingerprint density at radius 1 is 1.44 bits per heavy atom. The molecule has 0 aliphatic rings. The molecule has 0 amide bonds. The van der Waals surface area contributed by atoms with Crippen molar-refractivity contribution >= 4 is 11.6 Å². The standard InChI is InChI=1S/C6H9O2.Pd/c1-3-6(8)4-5(2)7;/h4H,3H2,1-2H3;/q-1;. The van der Waals surface area contributed by atoms with Gasteiger partial charge in [-0.2, -0.15) is 0 Å². The van der Waals surface area contributed by atoms with Gasteiger partial charge in [0.2, 0.25) is 0 Å². The summed E-state index contributed by atoms with van der Waals surface area (Å²) in [5, 5.41) is 0. The number of rotatable bonds is 3. The molecule has 0 bridgehead atoms. The fourth-order valence-corrected chi connectivity index (χ4v) is 0.329. The topological polar surface area (TPSA) is 34.1 Å². The van der Waals surface area contributed by atoms with Crippen LogP contribution in [0.3, 0.4) is 0 Å². The molecule has 0 aliphatic heterocycles. The Balaban J connectivity index is 0. The molecular formula is C6H9O2Pd-. The Morgan fingerprint density at radius 3 is 2.00 bits per heavy atom. The van der Waals surface area contributed by atoms with E-state index >= 15 is 0 Å². The van der Waals surface area contributed by atoms with Crippen molar-refractivity contribution in [3.63, 3.8) is 0 Å². The second-order valence-electron chi connectivity index (χ2n) is 1.57. The maximum absolute atomic E-state index is 10.3. The minimum absolute atomic E-state index is 0. The fourth-order valence-electron chi connectivity index (χ4n) is 0.329.